The summed E-state index contributed by atoms with van der Waals surface area (Å²) in [7, 11) is 0. The Morgan fingerprint density at radius 3 is 2.90 bits per heavy atom. The van der Waals surface area contributed by atoms with E-state index < -0.39 is 5.97 Å². The summed E-state index contributed by atoms with van der Waals surface area (Å²) >= 11 is 15.5. The topological polar surface area (TPSA) is 82.8 Å². The Morgan fingerprint density at radius 1 is 1.26 bits per heavy atom. The summed E-state index contributed by atoms with van der Waals surface area (Å²) in [5.74, 6) is 0.654. The minimum absolute atomic E-state index is 0.304. The highest BCUT2D eigenvalue weighted by molar-refractivity contribution is 7.98. The summed E-state index contributed by atoms with van der Waals surface area (Å²) in [6.07, 6.45) is 3.40. The van der Waals surface area contributed by atoms with Crippen molar-refractivity contribution < 1.29 is 9.53 Å². The number of thiazole rings is 1. The maximum absolute atomic E-state index is 11.9. The maximum atomic E-state index is 11.9. The molecule has 4 rings (SSSR count). The molecule has 7 nitrogen and oxygen atoms in total. The summed E-state index contributed by atoms with van der Waals surface area (Å²) in [6, 6.07) is 8.94. The van der Waals surface area contributed by atoms with Crippen LogP contribution in [0, 0.1) is 0 Å². The number of aromatic nitrogens is 5. The minimum atomic E-state index is -0.428. The molecule has 4 aromatic rings. The fraction of sp³-hybridized carbons (Fsp3) is 0.150. The van der Waals surface area contributed by atoms with Crippen LogP contribution in [0.2, 0.25) is 10.0 Å². The van der Waals surface area contributed by atoms with E-state index >= 15 is 0 Å². The van der Waals surface area contributed by atoms with E-state index in [1.165, 1.54) is 23.1 Å². The third kappa shape index (κ3) is 4.90. The third-order valence-corrected chi connectivity index (χ3v) is 6.59. The Bertz CT molecular complexity index is 1210. The lowest BCUT2D eigenvalue weighted by molar-refractivity contribution is 0.0520. The van der Waals surface area contributed by atoms with Crippen LogP contribution >= 0.6 is 46.3 Å². The molecular formula is C20H15Cl2N5O2S2. The van der Waals surface area contributed by atoms with Gasteiger partial charge in [0.15, 0.2) is 16.7 Å². The normalized spacial score (nSPS) is 10.9. The predicted octanol–water partition coefficient (Wildman–Crippen LogP) is 5.56. The van der Waals surface area contributed by atoms with Crippen LogP contribution in [0.25, 0.3) is 17.1 Å². The van der Waals surface area contributed by atoms with Crippen LogP contribution in [-0.4, -0.2) is 37.3 Å². The minimum Gasteiger partial charge on any atom is -0.461 e. The molecular weight excluding hydrogens is 477 g/mol. The number of hydrogen-bond donors (Lipinski definition) is 0. The molecule has 11 heteroatoms. The second kappa shape index (κ2) is 9.78. The number of benzene rings is 1. The number of hydrogen-bond acceptors (Lipinski definition) is 8. The summed E-state index contributed by atoms with van der Waals surface area (Å²) in [6.45, 7) is 2.07. The second-order valence-corrected chi connectivity index (χ2v) is 8.84. The van der Waals surface area contributed by atoms with Crippen LogP contribution in [-0.2, 0) is 10.5 Å². The fourth-order valence-corrected chi connectivity index (χ4v) is 4.82. The average molecular weight is 492 g/mol. The Hall–Kier alpha value is -2.46. The van der Waals surface area contributed by atoms with Gasteiger partial charge in [0.1, 0.15) is 5.01 Å². The zero-order chi connectivity index (χ0) is 21.8. The van der Waals surface area contributed by atoms with Gasteiger partial charge in [-0.25, -0.2) is 9.78 Å². The van der Waals surface area contributed by atoms with E-state index in [0.29, 0.717) is 44.8 Å². The Labute approximate surface area is 196 Å². The predicted molar refractivity (Wildman–Crippen MR) is 122 cm³/mol. The van der Waals surface area contributed by atoms with Crippen LogP contribution in [0.4, 0.5) is 0 Å². The lowest BCUT2D eigenvalue weighted by Crippen LogP contribution is -2.05. The number of thioether (sulfide) groups is 1. The van der Waals surface area contributed by atoms with E-state index in [1.807, 2.05) is 16.7 Å². The molecule has 0 aliphatic rings. The van der Waals surface area contributed by atoms with Crippen molar-refractivity contribution in [2.45, 2.75) is 17.8 Å². The molecule has 31 heavy (non-hydrogen) atoms. The Balaban J connectivity index is 1.68. The van der Waals surface area contributed by atoms with Gasteiger partial charge in [0.25, 0.3) is 0 Å². The highest BCUT2D eigenvalue weighted by Gasteiger charge is 2.20. The van der Waals surface area contributed by atoms with Crippen molar-refractivity contribution >= 4 is 52.3 Å². The van der Waals surface area contributed by atoms with Gasteiger partial charge >= 0.3 is 5.97 Å². The highest BCUT2D eigenvalue weighted by Crippen LogP contribution is 2.34. The van der Waals surface area contributed by atoms with Crippen molar-refractivity contribution in [3.05, 3.63) is 68.9 Å². The number of carbonyl (C=O) groups excluding carboxylic acids is 1. The van der Waals surface area contributed by atoms with E-state index in [9.17, 15) is 4.79 Å². The van der Waals surface area contributed by atoms with Crippen molar-refractivity contribution in [1.29, 1.82) is 0 Å². The molecule has 0 unspecified atom stereocenters. The molecule has 0 atom stereocenters. The molecule has 0 fully saturated rings. The first-order valence-electron chi connectivity index (χ1n) is 9.12. The number of halogens is 2. The fourth-order valence-electron chi connectivity index (χ4n) is 2.72. The molecule has 1 aromatic carbocycles. The molecule has 0 radical (unpaired) electrons. The van der Waals surface area contributed by atoms with Crippen LogP contribution in [0.5, 0.6) is 0 Å². The third-order valence-electron chi connectivity index (χ3n) is 4.06. The number of nitrogens with zero attached hydrogens (tertiary/aromatic N) is 5. The van der Waals surface area contributed by atoms with E-state index in [2.05, 4.69) is 20.2 Å². The van der Waals surface area contributed by atoms with E-state index in [0.717, 1.165) is 10.6 Å². The van der Waals surface area contributed by atoms with Gasteiger partial charge in [-0.1, -0.05) is 35.0 Å². The first kappa shape index (κ1) is 21.8. The van der Waals surface area contributed by atoms with Crippen molar-refractivity contribution in [1.82, 2.24) is 24.7 Å². The second-order valence-electron chi connectivity index (χ2n) is 6.11. The highest BCUT2D eigenvalue weighted by atomic mass is 35.5. The smallest absolute Gasteiger partial charge is 0.357 e. The molecule has 0 N–H and O–H groups in total. The zero-order valence-electron chi connectivity index (χ0n) is 16.2. The Morgan fingerprint density at radius 2 is 2.13 bits per heavy atom. The standard InChI is InChI=1S/C20H15Cl2N5O2S2/c1-2-29-19(28)15-10-30-17(24-15)11-31-20-26-25-18(12-4-3-7-23-9-12)27(20)16-8-13(21)5-6-14(16)22/h3-10H,2,11H2,1H3. The quantitative estimate of drug-likeness (QED) is 0.247. The molecule has 0 saturated heterocycles. The summed E-state index contributed by atoms with van der Waals surface area (Å²) in [5, 5.41) is 12.8. The van der Waals surface area contributed by atoms with E-state index in [-0.39, 0.29) is 0 Å². The van der Waals surface area contributed by atoms with Crippen LogP contribution in [0.3, 0.4) is 0 Å². The maximum Gasteiger partial charge on any atom is 0.357 e. The van der Waals surface area contributed by atoms with Gasteiger partial charge in [-0.3, -0.25) is 9.55 Å². The molecule has 0 bridgehead atoms. The van der Waals surface area contributed by atoms with Gasteiger partial charge in [-0.2, -0.15) is 0 Å². The molecule has 158 valence electrons. The molecule has 0 aliphatic carbocycles. The SMILES string of the molecule is CCOC(=O)c1csc(CSc2nnc(-c3cccnc3)n2-c2cc(Cl)ccc2Cl)n1. The van der Waals surface area contributed by atoms with Gasteiger partial charge < -0.3 is 4.74 Å². The van der Waals surface area contributed by atoms with Crippen LogP contribution < -0.4 is 0 Å². The van der Waals surface area contributed by atoms with Crippen molar-refractivity contribution in [3.8, 4) is 17.1 Å². The molecule has 0 saturated carbocycles. The monoisotopic (exact) mass is 491 g/mol. The lowest BCUT2D eigenvalue weighted by atomic mass is 10.2. The zero-order valence-corrected chi connectivity index (χ0v) is 19.3. The van der Waals surface area contributed by atoms with E-state index in [4.69, 9.17) is 27.9 Å². The molecule has 3 aromatic heterocycles. The van der Waals surface area contributed by atoms with Crippen molar-refractivity contribution in [3.63, 3.8) is 0 Å². The van der Waals surface area contributed by atoms with Gasteiger partial charge in [0.05, 0.1) is 23.1 Å². The van der Waals surface area contributed by atoms with Crippen molar-refractivity contribution in [2.24, 2.45) is 0 Å². The summed E-state index contributed by atoms with van der Waals surface area (Å²) in [5.41, 5.74) is 1.75. The first-order chi connectivity index (χ1) is 15.1. The van der Waals surface area contributed by atoms with E-state index in [1.54, 1.807) is 42.9 Å². The molecule has 3 heterocycles. The summed E-state index contributed by atoms with van der Waals surface area (Å²) < 4.78 is 6.84. The number of carbonyl (C=O) groups is 1. The van der Waals surface area contributed by atoms with Crippen LogP contribution in [0.15, 0.2) is 53.3 Å². The number of esters is 1. The first-order valence-corrected chi connectivity index (χ1v) is 11.7. The molecule has 0 spiro atoms. The van der Waals surface area contributed by atoms with Crippen molar-refractivity contribution in [2.75, 3.05) is 6.61 Å². The van der Waals surface area contributed by atoms with Gasteiger partial charge in [0, 0.05) is 28.4 Å². The summed E-state index contributed by atoms with van der Waals surface area (Å²) in [4.78, 5) is 20.4. The van der Waals surface area contributed by atoms with Gasteiger partial charge in [-0.15, -0.1) is 21.5 Å². The molecule has 0 aliphatic heterocycles. The number of pyridine rings is 1. The lowest BCUT2D eigenvalue weighted by Gasteiger charge is -2.12. The average Bonchev–Trinajstić information content (AvgIpc) is 3.42. The van der Waals surface area contributed by atoms with Crippen LogP contribution in [0.1, 0.15) is 22.4 Å². The van der Waals surface area contributed by atoms with Gasteiger partial charge in [0.2, 0.25) is 0 Å². The largest absolute Gasteiger partial charge is 0.461 e. The molecule has 0 amide bonds. The Kier molecular flexibility index (Phi) is 6.86. The van der Waals surface area contributed by atoms with Gasteiger partial charge in [-0.05, 0) is 37.3 Å². The number of rotatable bonds is 7. The number of ether oxygens (including phenoxy) is 1.